The SMILES string of the molecule is CC/C=C\C/C=C\C/C=C\C/C=C\C/C=C\C/C=C\CCCCCCCCCCCCCCCCC(=O)OCC(COC(=O)CCCCCCC/C=C\CCCCCC)OC(=O)CCCCCCC/C=C\C/C=C\CCCCCC. The van der Waals surface area contributed by atoms with Crippen molar-refractivity contribution < 1.29 is 28.6 Å². The largest absolute Gasteiger partial charge is 0.462 e. The van der Waals surface area contributed by atoms with Crippen molar-refractivity contribution in [2.24, 2.45) is 0 Å². The van der Waals surface area contributed by atoms with E-state index in [9.17, 15) is 14.4 Å². The molecule has 0 saturated carbocycles. The van der Waals surface area contributed by atoms with E-state index in [1.54, 1.807) is 0 Å². The number of esters is 3. The van der Waals surface area contributed by atoms with Crippen molar-refractivity contribution in [2.75, 3.05) is 13.2 Å². The maximum absolute atomic E-state index is 12.9. The molecule has 0 aromatic heterocycles. The van der Waals surface area contributed by atoms with Gasteiger partial charge in [0.1, 0.15) is 13.2 Å². The van der Waals surface area contributed by atoms with Crippen molar-refractivity contribution in [3.05, 3.63) is 109 Å². The molecule has 0 aliphatic heterocycles. The summed E-state index contributed by atoms with van der Waals surface area (Å²) in [5.41, 5.74) is 0. The van der Waals surface area contributed by atoms with Gasteiger partial charge in [-0.05, 0) is 128 Å². The smallest absolute Gasteiger partial charge is 0.306 e. The molecule has 0 fully saturated rings. The Kier molecular flexibility index (Phi) is 64.3. The van der Waals surface area contributed by atoms with Crippen molar-refractivity contribution in [1.29, 1.82) is 0 Å². The van der Waals surface area contributed by atoms with Crippen LogP contribution in [-0.4, -0.2) is 37.2 Å². The van der Waals surface area contributed by atoms with Gasteiger partial charge in [0, 0.05) is 19.3 Å². The van der Waals surface area contributed by atoms with E-state index in [1.807, 2.05) is 0 Å². The van der Waals surface area contributed by atoms with Crippen LogP contribution in [0.4, 0.5) is 0 Å². The monoisotopic (exact) mass is 1110 g/mol. The van der Waals surface area contributed by atoms with Gasteiger partial charge in [0.05, 0.1) is 0 Å². The third-order valence-corrected chi connectivity index (χ3v) is 14.5. The zero-order chi connectivity index (χ0) is 57.8. The molecule has 0 bridgehead atoms. The first-order valence-corrected chi connectivity index (χ1v) is 33.9. The third kappa shape index (κ3) is 64.9. The standard InChI is InChI=1S/C74H126O6/c1-4-7-10-13-16-19-22-25-27-29-30-31-32-33-34-35-36-37-38-39-40-41-42-43-44-45-47-49-52-55-58-61-64-67-73(76)79-70-71(69-78-72(75)66-63-60-57-54-51-48-24-21-18-15-12-9-6-3)80-74(77)68-65-62-59-56-53-50-46-28-26-23-20-17-14-11-8-5-2/h7,10,16,19-21,23-25,27-28,30-31,33-34,36-37,46,71H,4-6,8-9,11-15,17-18,22,26,29,32,35,38-45,47-70H2,1-3H3/b10-7-,19-16-,23-20-,24-21-,27-25-,31-30-,34-33-,37-36-,46-28-. The Morgan fingerprint density at radius 3 is 0.775 bits per heavy atom. The molecule has 1 unspecified atom stereocenters. The van der Waals surface area contributed by atoms with Gasteiger partial charge in [0.25, 0.3) is 0 Å². The molecule has 0 aliphatic carbocycles. The second-order valence-corrected chi connectivity index (χ2v) is 22.3. The van der Waals surface area contributed by atoms with E-state index in [0.29, 0.717) is 19.3 Å². The Balaban J connectivity index is 4.21. The second kappa shape index (κ2) is 67.6. The number of rotatable bonds is 61. The van der Waals surface area contributed by atoms with E-state index in [1.165, 1.54) is 154 Å². The van der Waals surface area contributed by atoms with E-state index in [2.05, 4.69) is 130 Å². The van der Waals surface area contributed by atoms with Crippen LogP contribution in [0.25, 0.3) is 0 Å². The van der Waals surface area contributed by atoms with Crippen LogP contribution in [0.2, 0.25) is 0 Å². The lowest BCUT2D eigenvalue weighted by molar-refractivity contribution is -0.167. The quantitative estimate of drug-likeness (QED) is 0.0261. The van der Waals surface area contributed by atoms with Crippen molar-refractivity contribution in [3.63, 3.8) is 0 Å². The fourth-order valence-electron chi connectivity index (χ4n) is 9.41. The molecule has 0 aromatic carbocycles. The summed E-state index contributed by atoms with van der Waals surface area (Å²) in [5.74, 6) is -0.898. The van der Waals surface area contributed by atoms with Crippen LogP contribution in [0.3, 0.4) is 0 Å². The maximum atomic E-state index is 12.9. The number of allylic oxidation sites excluding steroid dienone is 18. The Morgan fingerprint density at radius 1 is 0.263 bits per heavy atom. The maximum Gasteiger partial charge on any atom is 0.306 e. The van der Waals surface area contributed by atoms with Crippen LogP contribution in [-0.2, 0) is 28.6 Å². The highest BCUT2D eigenvalue weighted by Gasteiger charge is 2.19. The number of unbranched alkanes of at least 4 members (excludes halogenated alkanes) is 32. The van der Waals surface area contributed by atoms with Crippen molar-refractivity contribution in [1.82, 2.24) is 0 Å². The highest BCUT2D eigenvalue weighted by molar-refractivity contribution is 5.71. The predicted octanol–water partition coefficient (Wildman–Crippen LogP) is 23.4. The Bertz CT molecular complexity index is 1610. The number of ether oxygens (including phenoxy) is 3. The van der Waals surface area contributed by atoms with Gasteiger partial charge in [-0.3, -0.25) is 14.4 Å². The van der Waals surface area contributed by atoms with E-state index < -0.39 is 6.10 Å². The summed E-state index contributed by atoms with van der Waals surface area (Å²) in [5, 5.41) is 0. The molecule has 0 aliphatic rings. The lowest BCUT2D eigenvalue weighted by Gasteiger charge is -2.18. The van der Waals surface area contributed by atoms with Gasteiger partial charge in [0.15, 0.2) is 6.10 Å². The summed E-state index contributed by atoms with van der Waals surface area (Å²) < 4.78 is 16.9. The van der Waals surface area contributed by atoms with Gasteiger partial charge in [0.2, 0.25) is 0 Å². The highest BCUT2D eigenvalue weighted by Crippen LogP contribution is 2.16. The van der Waals surface area contributed by atoms with E-state index in [0.717, 1.165) is 128 Å². The highest BCUT2D eigenvalue weighted by atomic mass is 16.6. The molecular formula is C74H126O6. The minimum Gasteiger partial charge on any atom is -0.462 e. The molecule has 0 rings (SSSR count). The first kappa shape index (κ1) is 76.1. The average molecular weight is 1110 g/mol. The topological polar surface area (TPSA) is 78.9 Å². The van der Waals surface area contributed by atoms with Gasteiger partial charge in [-0.25, -0.2) is 0 Å². The second-order valence-electron chi connectivity index (χ2n) is 22.3. The summed E-state index contributed by atoms with van der Waals surface area (Å²) in [6.45, 7) is 6.50. The lowest BCUT2D eigenvalue weighted by atomic mass is 10.0. The Hall–Kier alpha value is -3.93. The molecule has 0 spiro atoms. The summed E-state index contributed by atoms with van der Waals surface area (Å²) in [6.07, 6.45) is 92.5. The van der Waals surface area contributed by atoms with Crippen LogP contribution in [0, 0.1) is 0 Å². The summed E-state index contributed by atoms with van der Waals surface area (Å²) in [6, 6.07) is 0. The summed E-state index contributed by atoms with van der Waals surface area (Å²) >= 11 is 0. The number of hydrogen-bond acceptors (Lipinski definition) is 6. The molecule has 1 atom stereocenters. The van der Waals surface area contributed by atoms with Crippen LogP contribution in [0.15, 0.2) is 109 Å². The molecule has 0 N–H and O–H groups in total. The fraction of sp³-hybridized carbons (Fsp3) is 0.716. The number of carbonyl (C=O) groups is 3. The van der Waals surface area contributed by atoms with Gasteiger partial charge in [-0.1, -0.05) is 284 Å². The molecule has 6 heteroatoms. The predicted molar refractivity (Wildman–Crippen MR) is 348 cm³/mol. The molecule has 6 nitrogen and oxygen atoms in total. The molecular weight excluding hydrogens is 985 g/mol. The average Bonchev–Trinajstić information content (AvgIpc) is 3.46. The molecule has 80 heavy (non-hydrogen) atoms. The molecule has 0 amide bonds. The lowest BCUT2D eigenvalue weighted by Crippen LogP contribution is -2.30. The zero-order valence-electron chi connectivity index (χ0n) is 52.6. The van der Waals surface area contributed by atoms with Crippen LogP contribution >= 0.6 is 0 Å². The van der Waals surface area contributed by atoms with Crippen LogP contribution in [0.5, 0.6) is 0 Å². The number of hydrogen-bond donors (Lipinski definition) is 0. The van der Waals surface area contributed by atoms with Gasteiger partial charge in [-0.15, -0.1) is 0 Å². The van der Waals surface area contributed by atoms with E-state index >= 15 is 0 Å². The molecule has 458 valence electrons. The summed E-state index contributed by atoms with van der Waals surface area (Å²) in [7, 11) is 0. The minimum absolute atomic E-state index is 0.0849. The van der Waals surface area contributed by atoms with Gasteiger partial charge >= 0.3 is 17.9 Å². The number of carbonyl (C=O) groups excluding carboxylic acids is 3. The van der Waals surface area contributed by atoms with Gasteiger partial charge < -0.3 is 14.2 Å². The Labute approximate surface area is 495 Å². The van der Waals surface area contributed by atoms with Crippen LogP contribution in [0.1, 0.15) is 323 Å². The van der Waals surface area contributed by atoms with Crippen molar-refractivity contribution in [2.45, 2.75) is 329 Å². The molecule has 0 saturated heterocycles. The van der Waals surface area contributed by atoms with Crippen molar-refractivity contribution in [3.8, 4) is 0 Å². The van der Waals surface area contributed by atoms with Crippen molar-refractivity contribution >= 4 is 17.9 Å². The van der Waals surface area contributed by atoms with Crippen LogP contribution < -0.4 is 0 Å². The molecule has 0 heterocycles. The van der Waals surface area contributed by atoms with E-state index in [-0.39, 0.29) is 31.1 Å². The third-order valence-electron chi connectivity index (χ3n) is 14.5. The molecule has 0 radical (unpaired) electrons. The normalized spacial score (nSPS) is 12.8. The first-order chi connectivity index (χ1) is 39.5. The summed E-state index contributed by atoms with van der Waals surface area (Å²) in [4.78, 5) is 38.3. The minimum atomic E-state index is -0.789. The first-order valence-electron chi connectivity index (χ1n) is 33.9. The Morgan fingerprint density at radius 2 is 0.487 bits per heavy atom. The fourth-order valence-corrected chi connectivity index (χ4v) is 9.41. The van der Waals surface area contributed by atoms with Gasteiger partial charge in [-0.2, -0.15) is 0 Å². The van der Waals surface area contributed by atoms with E-state index in [4.69, 9.17) is 14.2 Å². The zero-order valence-corrected chi connectivity index (χ0v) is 52.6. The molecule has 0 aromatic rings.